The quantitative estimate of drug-likeness (QED) is 0.0651. The predicted octanol–water partition coefficient (Wildman–Crippen LogP) is 4.26. The lowest BCUT2D eigenvalue weighted by Crippen LogP contribution is -2.60. The van der Waals surface area contributed by atoms with Crippen LogP contribution in [-0.2, 0) is 25.6 Å². The molecule has 3 N–H and O–H groups in total. The number of carbonyl (C=O) groups excluding carboxylic acids is 4. The van der Waals surface area contributed by atoms with E-state index in [4.69, 9.17) is 23.2 Å². The number of alkyl halides is 2. The van der Waals surface area contributed by atoms with Gasteiger partial charge in [0.1, 0.15) is 11.4 Å². The number of allylic oxidation sites excluding steroid dienone is 3. The highest BCUT2D eigenvalue weighted by atomic mass is 35.5. The van der Waals surface area contributed by atoms with Crippen LogP contribution in [0.5, 0.6) is 5.75 Å². The van der Waals surface area contributed by atoms with E-state index in [-0.39, 0.29) is 45.6 Å². The number of phenols is 1. The first-order valence-corrected chi connectivity index (χ1v) is 16.5. The van der Waals surface area contributed by atoms with E-state index in [1.807, 2.05) is 0 Å². The van der Waals surface area contributed by atoms with Crippen LogP contribution in [0.2, 0.25) is 0 Å². The van der Waals surface area contributed by atoms with Crippen LogP contribution >= 0.6 is 23.2 Å². The average Bonchev–Trinajstić information content (AvgIpc) is 3.46. The van der Waals surface area contributed by atoms with Crippen LogP contribution in [0.15, 0.2) is 66.8 Å². The fraction of sp³-hybridized carbons (Fsp3) is 0.257. The maximum absolute atomic E-state index is 15.3. The van der Waals surface area contributed by atoms with E-state index >= 15 is 8.78 Å². The first kappa shape index (κ1) is 35.8. The monoisotopic (exact) mass is 760 g/mol. The Morgan fingerprint density at radius 1 is 0.865 bits per heavy atom. The zero-order chi connectivity index (χ0) is 37.8. The summed E-state index contributed by atoms with van der Waals surface area (Å²) in [6, 6.07) is 9.65. The van der Waals surface area contributed by atoms with E-state index in [9.17, 15) is 47.5 Å². The number of hydrogen-bond donors (Lipinski definition) is 3. The van der Waals surface area contributed by atoms with E-state index in [0.29, 0.717) is 0 Å². The van der Waals surface area contributed by atoms with Crippen molar-refractivity contribution in [3.05, 3.63) is 107 Å². The van der Waals surface area contributed by atoms with E-state index in [1.165, 1.54) is 54.6 Å². The largest absolute Gasteiger partial charge is 0.507 e. The van der Waals surface area contributed by atoms with Crippen molar-refractivity contribution in [2.24, 2.45) is 17.8 Å². The molecule has 4 amide bonds. The lowest BCUT2D eigenvalue weighted by Gasteiger charge is -2.50. The molecule has 52 heavy (non-hydrogen) atoms. The summed E-state index contributed by atoms with van der Waals surface area (Å²) in [4.78, 5) is 51.9. The molecule has 4 aliphatic rings. The van der Waals surface area contributed by atoms with Gasteiger partial charge < -0.3 is 15.2 Å². The van der Waals surface area contributed by atoms with Gasteiger partial charge >= 0.3 is 7.12 Å². The second kappa shape index (κ2) is 12.3. The van der Waals surface area contributed by atoms with Gasteiger partial charge in [-0.25, -0.2) is 26.9 Å². The molecule has 2 heterocycles. The van der Waals surface area contributed by atoms with E-state index in [2.05, 4.69) is 6.58 Å². The fourth-order valence-corrected chi connectivity index (χ4v) is 9.08. The molecule has 268 valence electrons. The summed E-state index contributed by atoms with van der Waals surface area (Å²) in [6.45, 7) is 3.65. The number of anilines is 2. The van der Waals surface area contributed by atoms with Gasteiger partial charge in [0.2, 0.25) is 17.6 Å². The zero-order valence-corrected chi connectivity index (χ0v) is 27.9. The van der Waals surface area contributed by atoms with Crippen molar-refractivity contribution in [1.82, 2.24) is 0 Å². The van der Waals surface area contributed by atoms with Gasteiger partial charge in [0.25, 0.3) is 11.8 Å². The van der Waals surface area contributed by atoms with Crippen molar-refractivity contribution in [2.75, 3.05) is 9.80 Å². The van der Waals surface area contributed by atoms with Crippen molar-refractivity contribution in [1.29, 1.82) is 0 Å². The fourth-order valence-electron chi connectivity index (χ4n) is 8.16. The second-order valence-electron chi connectivity index (χ2n) is 13.0. The molecule has 0 radical (unpaired) electrons. The standard InChI is InChI=1S/C35H24BCl2F5N2O7/c1-2-5-14-6-3-9-19(29(14)46)22-17-10-11-18-21(31(48)44(30(18)47)16-8-4-7-15(12-16)36(51)52)20(17)13-34(37)32(49)45(33(50)35(22,34)38)28-26(42)24(40)23(39)25(41)27(28)43/h2-4,6-10,12,18,20-22,46,51-52H,1,5,11,13H2/t18-,20+,21-,22+,34+,35-/m0/s1. The molecule has 9 nitrogen and oxygen atoms in total. The first-order valence-electron chi connectivity index (χ1n) is 15.8. The highest BCUT2D eigenvalue weighted by Gasteiger charge is 2.77. The number of benzene rings is 3. The van der Waals surface area contributed by atoms with Gasteiger partial charge in [0.15, 0.2) is 33.0 Å². The van der Waals surface area contributed by atoms with Gasteiger partial charge in [-0.15, -0.1) is 29.8 Å². The predicted molar refractivity (Wildman–Crippen MR) is 177 cm³/mol. The molecule has 6 atom stereocenters. The summed E-state index contributed by atoms with van der Waals surface area (Å²) in [7, 11) is -1.94. The number of fused-ring (bicyclic) bond motifs is 4. The number of hydrogen-bond acceptors (Lipinski definition) is 7. The van der Waals surface area contributed by atoms with E-state index in [1.54, 1.807) is 0 Å². The van der Waals surface area contributed by atoms with Gasteiger partial charge in [0, 0.05) is 11.5 Å². The van der Waals surface area contributed by atoms with Crippen LogP contribution in [-0.4, -0.2) is 55.7 Å². The molecule has 2 aliphatic heterocycles. The van der Waals surface area contributed by atoms with Crippen molar-refractivity contribution in [3.63, 3.8) is 0 Å². The minimum Gasteiger partial charge on any atom is -0.507 e. The van der Waals surface area contributed by atoms with Crippen molar-refractivity contribution < 1.29 is 56.3 Å². The number of nitrogens with zero attached hydrogens (tertiary/aromatic N) is 2. The summed E-state index contributed by atoms with van der Waals surface area (Å²) in [5, 5.41) is 30.9. The van der Waals surface area contributed by atoms with Crippen LogP contribution in [0.4, 0.5) is 33.3 Å². The average molecular weight is 761 g/mol. The Morgan fingerprint density at radius 3 is 2.13 bits per heavy atom. The second-order valence-corrected chi connectivity index (χ2v) is 14.3. The summed E-state index contributed by atoms with van der Waals surface area (Å²) >= 11 is 14.3. The van der Waals surface area contributed by atoms with Crippen LogP contribution < -0.4 is 15.3 Å². The topological polar surface area (TPSA) is 135 Å². The molecular formula is C35H24BCl2F5N2O7. The molecule has 3 aromatic rings. The highest BCUT2D eigenvalue weighted by molar-refractivity contribution is 6.59. The molecule has 2 aliphatic carbocycles. The van der Waals surface area contributed by atoms with E-state index in [0.717, 1.165) is 4.90 Å². The molecule has 1 saturated carbocycles. The van der Waals surface area contributed by atoms with Gasteiger partial charge in [-0.3, -0.25) is 24.1 Å². The Labute approximate surface area is 301 Å². The van der Waals surface area contributed by atoms with Gasteiger partial charge in [-0.05, 0) is 48.3 Å². The Bertz CT molecular complexity index is 2160. The Kier molecular flexibility index (Phi) is 8.44. The zero-order valence-electron chi connectivity index (χ0n) is 26.4. The number of carbonyl (C=O) groups is 4. The molecule has 17 heteroatoms. The number of imide groups is 2. The smallest absolute Gasteiger partial charge is 0.488 e. The molecular weight excluding hydrogens is 737 g/mol. The molecule has 2 saturated heterocycles. The molecule has 3 fully saturated rings. The van der Waals surface area contributed by atoms with Crippen LogP contribution in [0.3, 0.4) is 0 Å². The summed E-state index contributed by atoms with van der Waals surface area (Å²) in [6.07, 6.45) is 2.18. The van der Waals surface area contributed by atoms with Gasteiger partial charge in [0.05, 0.1) is 17.5 Å². The molecule has 0 bridgehead atoms. The van der Waals surface area contributed by atoms with E-state index < -0.39 is 111 Å². The number of para-hydroxylation sites is 1. The van der Waals surface area contributed by atoms with Crippen molar-refractivity contribution in [3.8, 4) is 5.75 Å². The normalized spacial score (nSPS) is 28.1. The number of phenolic OH excluding ortho intramolecular Hbond substituents is 1. The maximum atomic E-state index is 15.3. The number of halogens is 7. The summed E-state index contributed by atoms with van der Waals surface area (Å²) in [5.41, 5.74) is -1.65. The van der Waals surface area contributed by atoms with Crippen LogP contribution in [0, 0.1) is 46.8 Å². The molecule has 3 aromatic carbocycles. The molecule has 0 spiro atoms. The first-order chi connectivity index (χ1) is 24.5. The summed E-state index contributed by atoms with van der Waals surface area (Å²) in [5.74, 6) is -23.0. The number of rotatable bonds is 6. The number of amides is 4. The SMILES string of the molecule is C=CCc1cccc([C@H]2C3=CC[C@@H]4C(=O)N(c5cccc(B(O)O)c5)C(=O)[C@@H]4[C@@H]3C[C@@]3(Cl)C(=O)N(c4c(F)c(F)c(F)c(F)c4F)C(=O)[C@@]23Cl)c1O. The third-order valence-electron chi connectivity index (χ3n) is 10.5. The minimum atomic E-state index is -2.80. The Morgan fingerprint density at radius 2 is 1.50 bits per heavy atom. The van der Waals surface area contributed by atoms with Crippen LogP contribution in [0.25, 0.3) is 0 Å². The third-order valence-corrected chi connectivity index (χ3v) is 11.9. The lowest BCUT2D eigenvalue weighted by molar-refractivity contribution is -0.125. The third kappa shape index (κ3) is 4.61. The summed E-state index contributed by atoms with van der Waals surface area (Å²) < 4.78 is 73.5. The Balaban J connectivity index is 1.44. The molecule has 0 unspecified atom stereocenters. The lowest BCUT2D eigenvalue weighted by atomic mass is 9.56. The maximum Gasteiger partial charge on any atom is 0.488 e. The minimum absolute atomic E-state index is 0.00411. The van der Waals surface area contributed by atoms with Crippen molar-refractivity contribution >= 4 is 70.8 Å². The van der Waals surface area contributed by atoms with Crippen LogP contribution in [0.1, 0.15) is 29.9 Å². The van der Waals surface area contributed by atoms with Gasteiger partial charge in [-0.2, -0.15) is 0 Å². The molecule has 7 rings (SSSR count). The van der Waals surface area contributed by atoms with Crippen molar-refractivity contribution in [2.45, 2.75) is 34.9 Å². The Hall–Kier alpha value is -4.57. The highest BCUT2D eigenvalue weighted by Crippen LogP contribution is 2.67. The van der Waals surface area contributed by atoms with Gasteiger partial charge in [-0.1, -0.05) is 48.1 Å². The molecule has 0 aromatic heterocycles. The number of aromatic hydroxyl groups is 1.